The molecule has 0 spiro atoms. The largest absolute Gasteiger partial charge is 0.340 e. The Morgan fingerprint density at radius 3 is 3.00 bits per heavy atom. The summed E-state index contributed by atoms with van der Waals surface area (Å²) >= 11 is 0. The van der Waals surface area contributed by atoms with Crippen LogP contribution in [0, 0.1) is 5.82 Å². The van der Waals surface area contributed by atoms with Crippen LogP contribution in [0.1, 0.15) is 31.1 Å². The quantitative estimate of drug-likeness (QED) is 0.779. The summed E-state index contributed by atoms with van der Waals surface area (Å²) in [5, 5.41) is 8.82. The lowest BCUT2D eigenvalue weighted by molar-refractivity contribution is 0.159. The van der Waals surface area contributed by atoms with Gasteiger partial charge in [-0.05, 0) is 19.3 Å². The minimum absolute atomic E-state index is 0.282. The first-order valence-electron chi connectivity index (χ1n) is 6.96. The molecule has 3 N–H and O–H groups in total. The number of nitrogens with one attached hydrogen (secondary N) is 3. The highest BCUT2D eigenvalue weighted by atomic mass is 19.1. The molecule has 0 bridgehead atoms. The zero-order valence-electron chi connectivity index (χ0n) is 11.7. The van der Waals surface area contributed by atoms with Crippen LogP contribution in [0.4, 0.5) is 14.9 Å². The maximum Gasteiger partial charge on any atom is 0.340 e. The van der Waals surface area contributed by atoms with Gasteiger partial charge in [-0.2, -0.15) is 5.10 Å². The van der Waals surface area contributed by atoms with Crippen molar-refractivity contribution < 1.29 is 9.18 Å². The Kier molecular flexibility index (Phi) is 3.86. The second-order valence-electron chi connectivity index (χ2n) is 5.09. The van der Waals surface area contributed by atoms with Gasteiger partial charge in [0.05, 0.1) is 24.1 Å². The molecule has 1 unspecified atom stereocenters. The summed E-state index contributed by atoms with van der Waals surface area (Å²) < 4.78 is 13.1. The molecular weight excluding hydrogens is 291 g/mol. The van der Waals surface area contributed by atoms with Crippen LogP contribution in [0.25, 0.3) is 0 Å². The first-order valence-corrected chi connectivity index (χ1v) is 6.96. The summed E-state index contributed by atoms with van der Waals surface area (Å²) in [6.07, 6.45) is 4.94. The molecule has 1 atom stereocenters. The SMILES string of the molecule is O=C(Nc1cncc(F)c1)N1CCCCC1c1n[nH]c(=O)[nH]1. The molecule has 9 heteroatoms. The number of hydrogen-bond acceptors (Lipinski definition) is 4. The molecule has 2 amide bonds. The predicted molar refractivity (Wildman–Crippen MR) is 75.7 cm³/mol. The number of piperidine rings is 1. The number of carbonyl (C=O) groups excluding carboxylic acids is 1. The molecule has 8 nitrogen and oxygen atoms in total. The van der Waals surface area contributed by atoms with E-state index >= 15 is 0 Å². The van der Waals surface area contributed by atoms with E-state index in [-0.39, 0.29) is 17.8 Å². The third-order valence-electron chi connectivity index (χ3n) is 3.55. The number of urea groups is 1. The van der Waals surface area contributed by atoms with Gasteiger partial charge >= 0.3 is 11.7 Å². The Morgan fingerprint density at radius 1 is 1.41 bits per heavy atom. The maximum absolute atomic E-state index is 13.1. The Morgan fingerprint density at radius 2 is 2.27 bits per heavy atom. The molecule has 3 rings (SSSR count). The lowest BCUT2D eigenvalue weighted by atomic mass is 10.0. The number of pyridine rings is 1. The number of carbonyl (C=O) groups is 1. The molecule has 3 heterocycles. The standard InChI is InChI=1S/C13H15FN6O2/c14-8-5-9(7-15-6-8)16-13(22)20-4-2-1-3-10(20)11-17-12(21)19-18-11/h5-7,10H,1-4H2,(H,16,22)(H2,17,18,19,21). The van der Waals surface area contributed by atoms with E-state index in [0.717, 1.165) is 19.0 Å². The highest BCUT2D eigenvalue weighted by molar-refractivity contribution is 5.89. The number of halogens is 1. The van der Waals surface area contributed by atoms with Crippen molar-refractivity contribution in [2.75, 3.05) is 11.9 Å². The molecule has 2 aromatic rings. The number of H-pyrrole nitrogens is 2. The van der Waals surface area contributed by atoms with E-state index in [4.69, 9.17) is 0 Å². The van der Waals surface area contributed by atoms with E-state index in [0.29, 0.717) is 18.8 Å². The van der Waals surface area contributed by atoms with E-state index in [1.165, 1.54) is 12.3 Å². The third-order valence-corrected chi connectivity index (χ3v) is 3.55. The number of amides is 2. The predicted octanol–water partition coefficient (Wildman–Crippen LogP) is 1.39. The molecule has 1 fully saturated rings. The molecule has 1 aliphatic heterocycles. The summed E-state index contributed by atoms with van der Waals surface area (Å²) in [6, 6.07) is 0.510. The lowest BCUT2D eigenvalue weighted by Gasteiger charge is -2.34. The van der Waals surface area contributed by atoms with Crippen molar-refractivity contribution in [3.63, 3.8) is 0 Å². The van der Waals surface area contributed by atoms with Crippen LogP contribution in [-0.2, 0) is 0 Å². The fraction of sp³-hybridized carbons (Fsp3) is 0.385. The number of hydrogen-bond donors (Lipinski definition) is 3. The molecule has 1 aliphatic rings. The molecule has 0 radical (unpaired) electrons. The van der Waals surface area contributed by atoms with E-state index in [2.05, 4.69) is 25.5 Å². The van der Waals surface area contributed by atoms with Crippen LogP contribution in [-0.4, -0.2) is 37.6 Å². The van der Waals surface area contributed by atoms with Crippen molar-refractivity contribution in [2.24, 2.45) is 0 Å². The highest BCUT2D eigenvalue weighted by Gasteiger charge is 2.30. The van der Waals surface area contributed by atoms with Gasteiger partial charge < -0.3 is 10.2 Å². The molecule has 116 valence electrons. The Labute approximate surface area is 124 Å². The van der Waals surface area contributed by atoms with E-state index in [9.17, 15) is 14.0 Å². The van der Waals surface area contributed by atoms with E-state index < -0.39 is 11.5 Å². The van der Waals surface area contributed by atoms with Crippen LogP contribution in [0.2, 0.25) is 0 Å². The van der Waals surface area contributed by atoms with Crippen molar-refractivity contribution in [3.05, 3.63) is 40.6 Å². The zero-order valence-corrected chi connectivity index (χ0v) is 11.7. The maximum atomic E-state index is 13.1. The topological polar surface area (TPSA) is 107 Å². The highest BCUT2D eigenvalue weighted by Crippen LogP contribution is 2.28. The molecule has 1 saturated heterocycles. The van der Waals surface area contributed by atoms with Crippen LogP contribution >= 0.6 is 0 Å². The number of rotatable bonds is 2. The Balaban J connectivity index is 1.78. The first kappa shape index (κ1) is 14.2. The van der Waals surface area contributed by atoms with Crippen LogP contribution in [0.15, 0.2) is 23.3 Å². The van der Waals surface area contributed by atoms with Crippen molar-refractivity contribution >= 4 is 11.7 Å². The number of nitrogens with zero attached hydrogens (tertiary/aromatic N) is 3. The molecular formula is C13H15FN6O2. The number of aromatic amines is 2. The number of aromatic nitrogens is 4. The van der Waals surface area contributed by atoms with Crippen molar-refractivity contribution in [1.82, 2.24) is 25.1 Å². The van der Waals surface area contributed by atoms with Crippen molar-refractivity contribution in [2.45, 2.75) is 25.3 Å². The van der Waals surface area contributed by atoms with Gasteiger partial charge in [0, 0.05) is 12.6 Å². The van der Waals surface area contributed by atoms with Crippen molar-refractivity contribution in [3.8, 4) is 0 Å². The second-order valence-corrected chi connectivity index (χ2v) is 5.09. The lowest BCUT2D eigenvalue weighted by Crippen LogP contribution is -2.41. The van der Waals surface area contributed by atoms with Crippen molar-refractivity contribution in [1.29, 1.82) is 0 Å². The van der Waals surface area contributed by atoms with Crippen LogP contribution < -0.4 is 11.0 Å². The normalized spacial score (nSPS) is 18.2. The molecule has 22 heavy (non-hydrogen) atoms. The summed E-state index contributed by atoms with van der Waals surface area (Å²) in [7, 11) is 0. The fourth-order valence-electron chi connectivity index (χ4n) is 2.58. The van der Waals surface area contributed by atoms with E-state index in [1.54, 1.807) is 4.90 Å². The monoisotopic (exact) mass is 306 g/mol. The fourth-order valence-corrected chi connectivity index (χ4v) is 2.58. The van der Waals surface area contributed by atoms with Gasteiger partial charge in [-0.3, -0.25) is 9.97 Å². The molecule has 2 aromatic heterocycles. The summed E-state index contributed by atoms with van der Waals surface area (Å²) in [4.78, 5) is 31.5. The zero-order chi connectivity index (χ0) is 15.5. The van der Waals surface area contributed by atoms with Gasteiger partial charge in [0.25, 0.3) is 0 Å². The molecule has 0 aromatic carbocycles. The molecule has 0 saturated carbocycles. The number of likely N-dealkylation sites (tertiary alicyclic amines) is 1. The van der Waals surface area contributed by atoms with Gasteiger partial charge in [-0.1, -0.05) is 0 Å². The average molecular weight is 306 g/mol. The van der Waals surface area contributed by atoms with Crippen LogP contribution in [0.5, 0.6) is 0 Å². The van der Waals surface area contributed by atoms with Gasteiger partial charge in [0.2, 0.25) is 0 Å². The second kappa shape index (κ2) is 5.96. The van der Waals surface area contributed by atoms with Gasteiger partial charge in [0.1, 0.15) is 5.82 Å². The minimum atomic E-state index is -0.523. The van der Waals surface area contributed by atoms with E-state index in [1.807, 2.05) is 0 Å². The average Bonchev–Trinajstić information content (AvgIpc) is 2.94. The van der Waals surface area contributed by atoms with Gasteiger partial charge in [-0.25, -0.2) is 19.1 Å². The summed E-state index contributed by atoms with van der Waals surface area (Å²) in [5.41, 5.74) is -0.125. The van der Waals surface area contributed by atoms with Gasteiger partial charge in [0.15, 0.2) is 5.82 Å². The minimum Gasteiger partial charge on any atom is -0.314 e. The molecule has 0 aliphatic carbocycles. The number of anilines is 1. The van der Waals surface area contributed by atoms with Crippen LogP contribution in [0.3, 0.4) is 0 Å². The smallest absolute Gasteiger partial charge is 0.314 e. The summed E-state index contributed by atoms with van der Waals surface area (Å²) in [5.74, 6) is -0.0955. The summed E-state index contributed by atoms with van der Waals surface area (Å²) in [6.45, 7) is 0.536. The Bertz CT molecular complexity index is 727. The van der Waals surface area contributed by atoms with Gasteiger partial charge in [-0.15, -0.1) is 0 Å². The first-order chi connectivity index (χ1) is 10.6. The Hall–Kier alpha value is -2.71. The third kappa shape index (κ3) is 2.97.